The molecule has 0 unspecified atom stereocenters. The van der Waals surface area contributed by atoms with Crippen molar-refractivity contribution in [3.8, 4) is 0 Å². The van der Waals surface area contributed by atoms with Crippen molar-refractivity contribution in [1.82, 2.24) is 15.6 Å². The lowest BCUT2D eigenvalue weighted by Crippen LogP contribution is -2.31. The molecule has 0 spiro atoms. The summed E-state index contributed by atoms with van der Waals surface area (Å²) in [5.74, 6) is 0.691. The van der Waals surface area contributed by atoms with E-state index in [1.165, 1.54) is 11.3 Å². The van der Waals surface area contributed by atoms with E-state index in [1.54, 1.807) is 0 Å². The smallest absolute Gasteiger partial charge is 0.223 e. The second-order valence-corrected chi connectivity index (χ2v) is 5.96. The molecular weight excluding hydrogens is 262 g/mol. The van der Waals surface area contributed by atoms with Gasteiger partial charge in [0.15, 0.2) is 0 Å². The van der Waals surface area contributed by atoms with Gasteiger partial charge in [0.1, 0.15) is 5.01 Å². The number of carbonyl (C=O) groups is 2. The normalized spacial score (nSPS) is 20.9. The van der Waals surface area contributed by atoms with Crippen molar-refractivity contribution in [2.45, 2.75) is 33.2 Å². The average molecular weight is 281 g/mol. The Balaban J connectivity index is 1.58. The van der Waals surface area contributed by atoms with E-state index >= 15 is 0 Å². The molecule has 0 aliphatic heterocycles. The number of aryl methyl sites for hydroxylation is 1. The van der Waals surface area contributed by atoms with Gasteiger partial charge >= 0.3 is 0 Å². The highest BCUT2D eigenvalue weighted by Gasteiger charge is 2.38. The number of amides is 2. The molecule has 2 N–H and O–H groups in total. The van der Waals surface area contributed by atoms with E-state index in [4.69, 9.17) is 0 Å². The molecule has 0 radical (unpaired) electrons. The summed E-state index contributed by atoms with van der Waals surface area (Å²) in [5, 5.41) is 8.45. The molecule has 2 atom stereocenters. The lowest BCUT2D eigenvalue weighted by molar-refractivity contribution is -0.123. The van der Waals surface area contributed by atoms with Gasteiger partial charge in [0.25, 0.3) is 0 Å². The molecule has 1 aromatic rings. The van der Waals surface area contributed by atoms with Crippen LogP contribution in [0.1, 0.15) is 30.5 Å². The Labute approximate surface area is 116 Å². The number of rotatable bonds is 6. The molecule has 1 fully saturated rings. The Morgan fingerprint density at radius 2 is 2.21 bits per heavy atom. The van der Waals surface area contributed by atoms with Crippen LogP contribution in [0, 0.1) is 18.8 Å². The molecule has 2 amide bonds. The van der Waals surface area contributed by atoms with Gasteiger partial charge in [-0.3, -0.25) is 9.59 Å². The van der Waals surface area contributed by atoms with Gasteiger partial charge < -0.3 is 10.6 Å². The first-order chi connectivity index (χ1) is 9.06. The second-order valence-electron chi connectivity index (χ2n) is 5.02. The molecule has 6 heteroatoms. The second kappa shape index (κ2) is 6.14. The lowest BCUT2D eigenvalue weighted by atomic mass is 10.3. The standard InChI is InChI=1S/C13H19N3O2S/c1-8-5-10(8)13(18)14-4-3-11(17)15-6-12-16-9(2)7-19-12/h7-8,10H,3-6H2,1-2H3,(H,14,18)(H,15,17)/t8-,10+/m1/s1. The molecule has 5 nitrogen and oxygen atoms in total. The summed E-state index contributed by atoms with van der Waals surface area (Å²) >= 11 is 1.54. The Kier molecular flexibility index (Phi) is 4.52. The van der Waals surface area contributed by atoms with Gasteiger partial charge in [-0.25, -0.2) is 4.98 Å². The quantitative estimate of drug-likeness (QED) is 0.824. The largest absolute Gasteiger partial charge is 0.355 e. The molecule has 0 bridgehead atoms. The number of hydrogen-bond donors (Lipinski definition) is 2. The van der Waals surface area contributed by atoms with Crippen molar-refractivity contribution >= 4 is 23.2 Å². The van der Waals surface area contributed by atoms with E-state index in [1.807, 2.05) is 12.3 Å². The van der Waals surface area contributed by atoms with Gasteiger partial charge in [-0.2, -0.15) is 0 Å². The summed E-state index contributed by atoms with van der Waals surface area (Å²) in [4.78, 5) is 27.4. The van der Waals surface area contributed by atoms with Gasteiger partial charge in [-0.15, -0.1) is 11.3 Å². The summed E-state index contributed by atoms with van der Waals surface area (Å²) in [6.45, 7) is 4.86. The fraction of sp³-hybridized carbons (Fsp3) is 0.615. The fourth-order valence-corrected chi connectivity index (χ4v) is 2.58. The van der Waals surface area contributed by atoms with Crippen LogP contribution in [0.2, 0.25) is 0 Å². The van der Waals surface area contributed by atoms with Gasteiger partial charge in [-0.05, 0) is 19.3 Å². The highest BCUT2D eigenvalue weighted by molar-refractivity contribution is 7.09. The zero-order chi connectivity index (χ0) is 13.8. The summed E-state index contributed by atoms with van der Waals surface area (Å²) in [5.41, 5.74) is 0.972. The Hall–Kier alpha value is -1.43. The summed E-state index contributed by atoms with van der Waals surface area (Å²) in [6.07, 6.45) is 1.29. The van der Waals surface area contributed by atoms with Crippen LogP contribution in [-0.4, -0.2) is 23.3 Å². The Morgan fingerprint density at radius 1 is 1.47 bits per heavy atom. The van der Waals surface area contributed by atoms with E-state index in [9.17, 15) is 9.59 Å². The predicted octanol–water partition coefficient (Wildman–Crippen LogP) is 1.23. The molecule has 0 aromatic carbocycles. The first kappa shape index (κ1) is 14.0. The van der Waals surface area contributed by atoms with E-state index in [0.29, 0.717) is 25.4 Å². The number of aromatic nitrogens is 1. The number of hydrogen-bond acceptors (Lipinski definition) is 4. The molecular formula is C13H19N3O2S. The minimum Gasteiger partial charge on any atom is -0.355 e. The number of nitrogens with zero attached hydrogens (tertiary/aromatic N) is 1. The zero-order valence-corrected chi connectivity index (χ0v) is 12.0. The van der Waals surface area contributed by atoms with Crippen LogP contribution in [0.3, 0.4) is 0 Å². The summed E-state index contributed by atoms with van der Waals surface area (Å²) < 4.78 is 0. The molecule has 0 saturated heterocycles. The van der Waals surface area contributed by atoms with Crippen molar-refractivity contribution in [1.29, 1.82) is 0 Å². The fourth-order valence-electron chi connectivity index (χ4n) is 1.86. The molecule has 1 aromatic heterocycles. The van der Waals surface area contributed by atoms with E-state index in [0.717, 1.165) is 17.1 Å². The minimum absolute atomic E-state index is 0.0583. The van der Waals surface area contributed by atoms with Crippen LogP contribution in [-0.2, 0) is 16.1 Å². The molecule has 104 valence electrons. The summed E-state index contributed by atoms with van der Waals surface area (Å²) in [6, 6.07) is 0. The number of nitrogens with one attached hydrogen (secondary N) is 2. The van der Waals surface area contributed by atoms with Crippen LogP contribution in [0.5, 0.6) is 0 Å². The van der Waals surface area contributed by atoms with Crippen molar-refractivity contribution in [3.63, 3.8) is 0 Å². The summed E-state index contributed by atoms with van der Waals surface area (Å²) in [7, 11) is 0. The third-order valence-corrected chi connectivity index (χ3v) is 4.17. The maximum absolute atomic E-state index is 11.6. The molecule has 1 aliphatic carbocycles. The van der Waals surface area contributed by atoms with Gasteiger partial charge in [0, 0.05) is 30.0 Å². The Bertz CT molecular complexity index is 472. The minimum atomic E-state index is -0.0583. The molecule has 2 rings (SSSR count). The van der Waals surface area contributed by atoms with E-state index in [-0.39, 0.29) is 17.7 Å². The van der Waals surface area contributed by atoms with Crippen LogP contribution in [0.15, 0.2) is 5.38 Å². The highest BCUT2D eigenvalue weighted by Crippen LogP contribution is 2.37. The lowest BCUT2D eigenvalue weighted by Gasteiger charge is -2.05. The average Bonchev–Trinajstić information content (AvgIpc) is 2.95. The van der Waals surface area contributed by atoms with Gasteiger partial charge in [-0.1, -0.05) is 6.92 Å². The molecule has 1 heterocycles. The van der Waals surface area contributed by atoms with E-state index < -0.39 is 0 Å². The van der Waals surface area contributed by atoms with Crippen LogP contribution in [0.4, 0.5) is 0 Å². The maximum Gasteiger partial charge on any atom is 0.223 e. The van der Waals surface area contributed by atoms with Crippen molar-refractivity contribution < 1.29 is 9.59 Å². The molecule has 19 heavy (non-hydrogen) atoms. The van der Waals surface area contributed by atoms with Gasteiger partial charge in [0.2, 0.25) is 11.8 Å². The zero-order valence-electron chi connectivity index (χ0n) is 11.2. The predicted molar refractivity (Wildman–Crippen MR) is 73.6 cm³/mol. The van der Waals surface area contributed by atoms with Crippen molar-refractivity contribution in [2.24, 2.45) is 11.8 Å². The van der Waals surface area contributed by atoms with Crippen molar-refractivity contribution in [3.05, 3.63) is 16.1 Å². The Morgan fingerprint density at radius 3 is 2.79 bits per heavy atom. The number of carbonyl (C=O) groups excluding carboxylic acids is 2. The van der Waals surface area contributed by atoms with Crippen molar-refractivity contribution in [2.75, 3.05) is 6.54 Å². The first-order valence-electron chi connectivity index (χ1n) is 6.51. The highest BCUT2D eigenvalue weighted by atomic mass is 32.1. The third-order valence-electron chi connectivity index (χ3n) is 3.20. The monoisotopic (exact) mass is 281 g/mol. The van der Waals surface area contributed by atoms with Crippen LogP contribution in [0.25, 0.3) is 0 Å². The maximum atomic E-state index is 11.6. The number of thiazole rings is 1. The first-order valence-corrected chi connectivity index (χ1v) is 7.39. The molecule has 1 aliphatic rings. The van der Waals surface area contributed by atoms with Crippen LogP contribution >= 0.6 is 11.3 Å². The van der Waals surface area contributed by atoms with Crippen LogP contribution < -0.4 is 10.6 Å². The third kappa shape index (κ3) is 4.31. The molecule has 1 saturated carbocycles. The topological polar surface area (TPSA) is 71.1 Å². The van der Waals surface area contributed by atoms with E-state index in [2.05, 4.69) is 22.5 Å². The SMILES string of the molecule is Cc1csc(CNC(=O)CCNC(=O)[C@H]2C[C@H]2C)n1. The van der Waals surface area contributed by atoms with Gasteiger partial charge in [0.05, 0.1) is 6.54 Å².